The highest BCUT2D eigenvalue weighted by molar-refractivity contribution is 7.71. The zero-order valence-corrected chi connectivity index (χ0v) is 15.0. The van der Waals surface area contributed by atoms with E-state index in [9.17, 15) is 0 Å². The molecular formula is C19H23N4S+. The smallest absolute Gasteiger partial charge is 0.202 e. The van der Waals surface area contributed by atoms with E-state index in [1.807, 2.05) is 28.4 Å². The van der Waals surface area contributed by atoms with Crippen LogP contribution in [0.3, 0.4) is 0 Å². The van der Waals surface area contributed by atoms with Gasteiger partial charge in [-0.1, -0.05) is 60.7 Å². The van der Waals surface area contributed by atoms with Gasteiger partial charge in [0.15, 0.2) is 6.67 Å². The molecule has 0 saturated heterocycles. The van der Waals surface area contributed by atoms with Crippen LogP contribution in [0, 0.1) is 4.77 Å². The maximum atomic E-state index is 5.56. The summed E-state index contributed by atoms with van der Waals surface area (Å²) in [5.41, 5.74) is 2.57. The van der Waals surface area contributed by atoms with Gasteiger partial charge in [-0.15, -0.1) is 0 Å². The minimum atomic E-state index is 0.760. The largest absolute Gasteiger partial charge is 0.315 e. The van der Waals surface area contributed by atoms with Crippen molar-refractivity contribution in [3.8, 4) is 0 Å². The van der Waals surface area contributed by atoms with Gasteiger partial charge < -0.3 is 9.47 Å². The van der Waals surface area contributed by atoms with Crippen molar-refractivity contribution in [3.05, 3.63) is 82.4 Å². The third kappa shape index (κ3) is 3.99. The maximum Gasteiger partial charge on any atom is 0.202 e. The molecular weight excluding hydrogens is 316 g/mol. The fourth-order valence-electron chi connectivity index (χ4n) is 2.82. The van der Waals surface area contributed by atoms with Gasteiger partial charge in [-0.2, -0.15) is 9.78 Å². The van der Waals surface area contributed by atoms with Crippen LogP contribution in [0.15, 0.2) is 60.7 Å². The Kier molecular flexibility index (Phi) is 5.23. The highest BCUT2D eigenvalue weighted by Gasteiger charge is 2.12. The van der Waals surface area contributed by atoms with Gasteiger partial charge in [-0.3, -0.25) is 0 Å². The van der Waals surface area contributed by atoms with Crippen molar-refractivity contribution >= 4 is 12.2 Å². The molecule has 0 fully saturated rings. The van der Waals surface area contributed by atoms with Crippen molar-refractivity contribution in [1.82, 2.24) is 14.3 Å². The first-order valence-corrected chi connectivity index (χ1v) is 8.56. The zero-order chi connectivity index (χ0) is 16.9. The van der Waals surface area contributed by atoms with Crippen molar-refractivity contribution in [2.75, 3.05) is 7.05 Å². The molecule has 124 valence electrons. The van der Waals surface area contributed by atoms with E-state index in [2.05, 4.69) is 55.6 Å². The Balaban J connectivity index is 1.72. The molecule has 0 spiro atoms. The fraction of sp³-hybridized carbons (Fsp3) is 0.263. The predicted molar refractivity (Wildman–Crippen MR) is 98.3 cm³/mol. The van der Waals surface area contributed by atoms with Crippen molar-refractivity contribution < 1.29 is 4.90 Å². The molecule has 1 N–H and O–H groups in total. The number of nitrogens with one attached hydrogen (secondary N) is 1. The second-order valence-corrected chi connectivity index (χ2v) is 6.56. The lowest BCUT2D eigenvalue weighted by atomic mass is 10.1. The van der Waals surface area contributed by atoms with Crippen molar-refractivity contribution in [2.24, 2.45) is 7.05 Å². The Morgan fingerprint density at radius 2 is 1.54 bits per heavy atom. The molecule has 0 aliphatic rings. The lowest BCUT2D eigenvalue weighted by Gasteiger charge is -2.13. The third-order valence-electron chi connectivity index (χ3n) is 4.10. The molecule has 3 rings (SSSR count). The second-order valence-electron chi connectivity index (χ2n) is 6.20. The van der Waals surface area contributed by atoms with Crippen LogP contribution in [0.25, 0.3) is 0 Å². The van der Waals surface area contributed by atoms with E-state index in [-0.39, 0.29) is 0 Å². The normalized spacial score (nSPS) is 12.2. The van der Waals surface area contributed by atoms with Crippen LogP contribution in [0.1, 0.15) is 17.0 Å². The molecule has 0 saturated carbocycles. The molecule has 2 aromatic carbocycles. The standard InChI is InChI=1S/C19H22N4S/c1-21(14-17-11-7-4-8-12-17)15-23-19(24)22(2)18(20-23)13-16-9-5-3-6-10-16/h3-12H,13-15H2,1-2H3/p+1. The molecule has 1 unspecified atom stereocenters. The summed E-state index contributed by atoms with van der Waals surface area (Å²) in [5, 5.41) is 4.74. The summed E-state index contributed by atoms with van der Waals surface area (Å²) in [4.78, 5) is 1.35. The minimum absolute atomic E-state index is 0.760. The van der Waals surface area contributed by atoms with Gasteiger partial charge in [0.25, 0.3) is 0 Å². The van der Waals surface area contributed by atoms with Crippen LogP contribution in [-0.4, -0.2) is 21.4 Å². The van der Waals surface area contributed by atoms with E-state index in [1.54, 1.807) is 0 Å². The van der Waals surface area contributed by atoms with E-state index in [0.29, 0.717) is 0 Å². The minimum Gasteiger partial charge on any atom is -0.315 e. The number of nitrogens with zero attached hydrogens (tertiary/aromatic N) is 3. The van der Waals surface area contributed by atoms with Gasteiger partial charge >= 0.3 is 0 Å². The lowest BCUT2D eigenvalue weighted by Crippen LogP contribution is -3.07. The number of hydrogen-bond acceptors (Lipinski definition) is 2. The highest BCUT2D eigenvalue weighted by atomic mass is 32.1. The van der Waals surface area contributed by atoms with E-state index >= 15 is 0 Å². The molecule has 24 heavy (non-hydrogen) atoms. The number of benzene rings is 2. The zero-order valence-electron chi connectivity index (χ0n) is 14.1. The van der Waals surface area contributed by atoms with Gasteiger partial charge in [0, 0.05) is 19.0 Å². The van der Waals surface area contributed by atoms with E-state index < -0.39 is 0 Å². The Bertz CT molecular complexity index is 837. The van der Waals surface area contributed by atoms with Gasteiger partial charge in [0.2, 0.25) is 4.77 Å². The monoisotopic (exact) mass is 339 g/mol. The van der Waals surface area contributed by atoms with Gasteiger partial charge in [0.1, 0.15) is 12.4 Å². The molecule has 5 heteroatoms. The molecule has 1 atom stereocenters. The quantitative estimate of drug-likeness (QED) is 0.697. The van der Waals surface area contributed by atoms with Crippen molar-refractivity contribution in [1.29, 1.82) is 0 Å². The molecule has 0 radical (unpaired) electrons. The number of quaternary nitrogens is 1. The van der Waals surface area contributed by atoms with Crippen LogP contribution in [-0.2, 0) is 26.7 Å². The average Bonchev–Trinajstić information content (AvgIpc) is 2.85. The Morgan fingerprint density at radius 1 is 0.958 bits per heavy atom. The molecule has 4 nitrogen and oxygen atoms in total. The summed E-state index contributed by atoms with van der Waals surface area (Å²) in [5.74, 6) is 0.999. The molecule has 0 aliphatic carbocycles. The molecule has 1 heterocycles. The molecule has 1 aromatic heterocycles. The summed E-state index contributed by atoms with van der Waals surface area (Å²) in [7, 11) is 4.16. The first-order valence-electron chi connectivity index (χ1n) is 8.15. The number of rotatable bonds is 6. The molecule has 0 amide bonds. The second kappa shape index (κ2) is 7.55. The number of hydrogen-bond donors (Lipinski definition) is 1. The first kappa shape index (κ1) is 16.6. The van der Waals surface area contributed by atoms with Crippen LogP contribution in [0.2, 0.25) is 0 Å². The topological polar surface area (TPSA) is 27.2 Å². The highest BCUT2D eigenvalue weighted by Crippen LogP contribution is 2.07. The van der Waals surface area contributed by atoms with E-state index in [0.717, 1.165) is 30.2 Å². The first-order chi connectivity index (χ1) is 11.6. The van der Waals surface area contributed by atoms with Crippen molar-refractivity contribution in [2.45, 2.75) is 19.6 Å². The Labute approximate surface area is 148 Å². The summed E-state index contributed by atoms with van der Waals surface area (Å²) in [6.07, 6.45) is 0.797. The van der Waals surface area contributed by atoms with E-state index in [1.165, 1.54) is 16.0 Å². The van der Waals surface area contributed by atoms with Crippen LogP contribution >= 0.6 is 12.2 Å². The van der Waals surface area contributed by atoms with Gasteiger partial charge in [-0.25, -0.2) is 0 Å². The summed E-state index contributed by atoms with van der Waals surface area (Å²) >= 11 is 5.56. The summed E-state index contributed by atoms with van der Waals surface area (Å²) in [6, 6.07) is 20.9. The Morgan fingerprint density at radius 3 is 2.17 bits per heavy atom. The molecule has 3 aromatic rings. The third-order valence-corrected chi connectivity index (χ3v) is 4.59. The van der Waals surface area contributed by atoms with E-state index in [4.69, 9.17) is 17.3 Å². The average molecular weight is 339 g/mol. The lowest BCUT2D eigenvalue weighted by molar-refractivity contribution is -0.917. The summed E-state index contributed by atoms with van der Waals surface area (Å²) < 4.78 is 4.72. The van der Waals surface area contributed by atoms with Crippen molar-refractivity contribution in [3.63, 3.8) is 0 Å². The van der Waals surface area contributed by atoms with Crippen LogP contribution in [0.4, 0.5) is 0 Å². The molecule has 0 aliphatic heterocycles. The van der Waals surface area contributed by atoms with Crippen LogP contribution in [0.5, 0.6) is 0 Å². The van der Waals surface area contributed by atoms with Gasteiger partial charge in [-0.05, 0) is 17.8 Å². The fourth-order valence-corrected chi connectivity index (χ4v) is 3.03. The summed E-state index contributed by atoms with van der Waals surface area (Å²) in [6.45, 7) is 1.71. The molecule has 0 bridgehead atoms. The van der Waals surface area contributed by atoms with Crippen LogP contribution < -0.4 is 4.90 Å². The maximum absolute atomic E-state index is 5.56. The van der Waals surface area contributed by atoms with Gasteiger partial charge in [0.05, 0.1) is 7.05 Å². The SMILES string of the molecule is Cn1c(Cc2ccccc2)nn(C[NH+](C)Cc2ccccc2)c1=S. The predicted octanol–water partition coefficient (Wildman–Crippen LogP) is 2.21. The number of aromatic nitrogens is 3. The Hall–Kier alpha value is -2.24.